The normalized spacial score (nSPS) is 11.2. The number of terminal acetylenes is 1. The van der Waals surface area contributed by atoms with Crippen molar-refractivity contribution in [3.8, 4) is 18.1 Å². The first-order chi connectivity index (χ1) is 8.49. The van der Waals surface area contributed by atoms with Gasteiger partial charge in [-0.3, -0.25) is 10.1 Å². The third kappa shape index (κ3) is 2.98. The number of hydrogen-bond acceptors (Lipinski definition) is 5. The van der Waals surface area contributed by atoms with E-state index in [1.165, 1.54) is 26.2 Å². The summed E-state index contributed by atoms with van der Waals surface area (Å²) in [6, 6.07) is 3.65. The monoisotopic (exact) mass is 249 g/mol. The summed E-state index contributed by atoms with van der Waals surface area (Å²) in [5.74, 6) is 1.65. The van der Waals surface area contributed by atoms with Crippen LogP contribution in [-0.2, 0) is 4.74 Å². The van der Waals surface area contributed by atoms with Gasteiger partial charge in [0.25, 0.3) is 5.69 Å². The maximum Gasteiger partial charge on any atom is 0.343 e. The third-order valence-corrected chi connectivity index (χ3v) is 2.13. The van der Waals surface area contributed by atoms with Crippen molar-refractivity contribution in [2.45, 2.75) is 13.0 Å². The highest BCUT2D eigenvalue weighted by atomic mass is 16.6. The Labute approximate surface area is 104 Å². The number of carbonyl (C=O) groups is 1. The van der Waals surface area contributed by atoms with Crippen LogP contribution in [0.3, 0.4) is 0 Å². The molecule has 0 bridgehead atoms. The molecule has 0 fully saturated rings. The number of methoxy groups -OCH3 is 1. The molecule has 0 radical (unpaired) electrons. The van der Waals surface area contributed by atoms with Gasteiger partial charge in [0, 0.05) is 12.1 Å². The van der Waals surface area contributed by atoms with Crippen molar-refractivity contribution in [2.24, 2.45) is 0 Å². The Morgan fingerprint density at radius 2 is 2.22 bits per heavy atom. The van der Waals surface area contributed by atoms with E-state index in [1.807, 2.05) is 0 Å². The smallest absolute Gasteiger partial charge is 0.343 e. The van der Waals surface area contributed by atoms with Gasteiger partial charge in [-0.2, -0.15) is 0 Å². The van der Waals surface area contributed by atoms with Gasteiger partial charge in [-0.15, -0.1) is 6.42 Å². The van der Waals surface area contributed by atoms with Crippen molar-refractivity contribution in [3.63, 3.8) is 0 Å². The van der Waals surface area contributed by atoms with Gasteiger partial charge in [0.2, 0.25) is 0 Å². The fraction of sp³-hybridized carbons (Fsp3) is 0.250. The van der Waals surface area contributed by atoms with Crippen molar-refractivity contribution < 1.29 is 19.2 Å². The van der Waals surface area contributed by atoms with Crippen LogP contribution in [0.4, 0.5) is 5.69 Å². The largest absolute Gasteiger partial charge is 0.496 e. The third-order valence-electron chi connectivity index (χ3n) is 2.13. The Morgan fingerprint density at radius 1 is 1.56 bits per heavy atom. The van der Waals surface area contributed by atoms with Crippen molar-refractivity contribution in [3.05, 3.63) is 33.9 Å². The molecule has 0 spiro atoms. The molecule has 0 amide bonds. The molecule has 0 aliphatic heterocycles. The first-order valence-electron chi connectivity index (χ1n) is 4.99. The zero-order valence-electron chi connectivity index (χ0n) is 9.88. The van der Waals surface area contributed by atoms with E-state index in [2.05, 4.69) is 5.92 Å². The van der Waals surface area contributed by atoms with Gasteiger partial charge in [-0.1, -0.05) is 5.92 Å². The Bertz CT molecular complexity index is 518. The summed E-state index contributed by atoms with van der Waals surface area (Å²) in [5, 5.41) is 10.6. The molecule has 18 heavy (non-hydrogen) atoms. The van der Waals surface area contributed by atoms with Crippen molar-refractivity contribution in [2.75, 3.05) is 7.11 Å². The standard InChI is InChI=1S/C12H11NO5/c1-4-8(2)18-12(14)10-7-9(13(15)16)5-6-11(10)17-3/h1,5-8H,2-3H3/t8-/m0/s1. The number of non-ortho nitro benzene ring substituents is 1. The average molecular weight is 249 g/mol. The van der Waals surface area contributed by atoms with Crippen LogP contribution in [-0.4, -0.2) is 24.1 Å². The Kier molecular flexibility index (Phi) is 4.27. The molecule has 1 aromatic carbocycles. The van der Waals surface area contributed by atoms with Crippen molar-refractivity contribution in [1.82, 2.24) is 0 Å². The number of esters is 1. The van der Waals surface area contributed by atoms with E-state index in [4.69, 9.17) is 15.9 Å². The summed E-state index contributed by atoms with van der Waals surface area (Å²) in [7, 11) is 1.35. The summed E-state index contributed by atoms with van der Waals surface area (Å²) < 4.78 is 9.83. The lowest BCUT2D eigenvalue weighted by Gasteiger charge is -2.10. The van der Waals surface area contributed by atoms with Crippen LogP contribution in [0.25, 0.3) is 0 Å². The molecule has 1 aromatic rings. The number of carbonyl (C=O) groups excluding carboxylic acids is 1. The summed E-state index contributed by atoms with van der Waals surface area (Å²) in [4.78, 5) is 21.8. The fourth-order valence-corrected chi connectivity index (χ4v) is 1.23. The average Bonchev–Trinajstić information content (AvgIpc) is 2.37. The summed E-state index contributed by atoms with van der Waals surface area (Å²) >= 11 is 0. The molecule has 0 aliphatic carbocycles. The zero-order valence-corrected chi connectivity index (χ0v) is 9.88. The lowest BCUT2D eigenvalue weighted by Crippen LogP contribution is -2.14. The highest BCUT2D eigenvalue weighted by Gasteiger charge is 2.19. The van der Waals surface area contributed by atoms with Crippen LogP contribution >= 0.6 is 0 Å². The molecule has 6 heteroatoms. The molecule has 0 aliphatic rings. The van der Waals surface area contributed by atoms with Gasteiger partial charge in [-0.25, -0.2) is 4.79 Å². The first kappa shape index (κ1) is 13.5. The molecule has 0 saturated heterocycles. The molecule has 0 saturated carbocycles. The highest BCUT2D eigenvalue weighted by molar-refractivity contribution is 5.93. The van der Waals surface area contributed by atoms with Crippen molar-refractivity contribution in [1.29, 1.82) is 0 Å². The number of nitrogens with zero attached hydrogens (tertiary/aromatic N) is 1. The number of hydrogen-bond donors (Lipinski definition) is 0. The lowest BCUT2D eigenvalue weighted by molar-refractivity contribution is -0.384. The maximum atomic E-state index is 11.7. The van der Waals surface area contributed by atoms with E-state index in [9.17, 15) is 14.9 Å². The summed E-state index contributed by atoms with van der Waals surface area (Å²) in [5.41, 5.74) is -0.259. The fourth-order valence-electron chi connectivity index (χ4n) is 1.23. The minimum atomic E-state index is -0.763. The van der Waals surface area contributed by atoms with Crippen LogP contribution in [0.1, 0.15) is 17.3 Å². The van der Waals surface area contributed by atoms with Crippen LogP contribution in [0.5, 0.6) is 5.75 Å². The van der Waals surface area contributed by atoms with E-state index in [-0.39, 0.29) is 17.0 Å². The number of ether oxygens (including phenoxy) is 2. The molecular formula is C12H11NO5. The van der Waals surface area contributed by atoms with Crippen LogP contribution in [0.2, 0.25) is 0 Å². The quantitative estimate of drug-likeness (QED) is 0.352. The predicted octanol–water partition coefficient (Wildman–Crippen LogP) is 1.78. The predicted molar refractivity (Wildman–Crippen MR) is 63.4 cm³/mol. The molecule has 0 heterocycles. The summed E-state index contributed by atoms with van der Waals surface area (Å²) in [6.07, 6.45) is 4.36. The number of rotatable bonds is 4. The topological polar surface area (TPSA) is 78.7 Å². The Balaban J connectivity index is 3.12. The molecule has 94 valence electrons. The summed E-state index contributed by atoms with van der Waals surface area (Å²) in [6.45, 7) is 1.52. The van der Waals surface area contributed by atoms with Gasteiger partial charge in [0.1, 0.15) is 11.3 Å². The van der Waals surface area contributed by atoms with E-state index >= 15 is 0 Å². The minimum absolute atomic E-state index is 0.0335. The molecule has 0 aromatic heterocycles. The first-order valence-corrected chi connectivity index (χ1v) is 4.99. The number of benzene rings is 1. The number of nitro benzene ring substituents is 1. The van der Waals surface area contributed by atoms with Gasteiger partial charge in [0.05, 0.1) is 12.0 Å². The second kappa shape index (κ2) is 5.68. The zero-order chi connectivity index (χ0) is 13.7. The van der Waals surface area contributed by atoms with Crippen molar-refractivity contribution >= 4 is 11.7 Å². The SMILES string of the molecule is C#C[C@H](C)OC(=O)c1cc([N+](=O)[O-])ccc1OC. The van der Waals surface area contributed by atoms with Gasteiger partial charge >= 0.3 is 5.97 Å². The maximum absolute atomic E-state index is 11.7. The molecule has 0 N–H and O–H groups in total. The molecule has 6 nitrogen and oxygen atoms in total. The van der Waals surface area contributed by atoms with Gasteiger partial charge in [-0.05, 0) is 13.0 Å². The van der Waals surface area contributed by atoms with Gasteiger partial charge in [0.15, 0.2) is 6.10 Å². The van der Waals surface area contributed by atoms with E-state index in [0.717, 1.165) is 6.07 Å². The molecule has 0 unspecified atom stereocenters. The van der Waals surface area contributed by atoms with Crippen LogP contribution in [0.15, 0.2) is 18.2 Å². The highest BCUT2D eigenvalue weighted by Crippen LogP contribution is 2.24. The second-order valence-corrected chi connectivity index (χ2v) is 3.36. The van der Waals surface area contributed by atoms with Crippen LogP contribution < -0.4 is 4.74 Å². The number of nitro groups is 1. The molecule has 1 rings (SSSR count). The Hall–Kier alpha value is -2.55. The second-order valence-electron chi connectivity index (χ2n) is 3.36. The molecular weight excluding hydrogens is 238 g/mol. The lowest BCUT2D eigenvalue weighted by atomic mass is 10.2. The van der Waals surface area contributed by atoms with E-state index in [0.29, 0.717) is 0 Å². The minimum Gasteiger partial charge on any atom is -0.496 e. The van der Waals surface area contributed by atoms with Crippen LogP contribution in [0, 0.1) is 22.5 Å². The van der Waals surface area contributed by atoms with E-state index in [1.54, 1.807) is 0 Å². The Morgan fingerprint density at radius 3 is 2.72 bits per heavy atom. The van der Waals surface area contributed by atoms with E-state index < -0.39 is 17.0 Å². The van der Waals surface area contributed by atoms with Gasteiger partial charge < -0.3 is 9.47 Å². The molecule has 1 atom stereocenters.